The van der Waals surface area contributed by atoms with E-state index in [2.05, 4.69) is 5.32 Å². The number of hydrogen-bond acceptors (Lipinski definition) is 2. The van der Waals surface area contributed by atoms with Crippen molar-refractivity contribution in [2.24, 2.45) is 0 Å². The Kier molecular flexibility index (Phi) is 5.87. The summed E-state index contributed by atoms with van der Waals surface area (Å²) in [7, 11) is 1.59. The standard InChI is InChI=1S/C15H22F3NO/c1-5-19-13(6-7-15(16,17)18)12-8-11(3)14(20-4)9-10(12)2/h8-9,13,19H,5-7H2,1-4H3. The number of ether oxygens (including phenoxy) is 1. The van der Waals surface area contributed by atoms with Crippen LogP contribution in [0.4, 0.5) is 13.2 Å². The molecule has 0 aliphatic rings. The highest BCUT2D eigenvalue weighted by atomic mass is 19.4. The van der Waals surface area contributed by atoms with E-state index in [9.17, 15) is 13.2 Å². The topological polar surface area (TPSA) is 21.3 Å². The third kappa shape index (κ3) is 4.71. The van der Waals surface area contributed by atoms with Gasteiger partial charge in [0, 0.05) is 12.5 Å². The van der Waals surface area contributed by atoms with E-state index in [1.807, 2.05) is 32.9 Å². The van der Waals surface area contributed by atoms with E-state index in [1.54, 1.807) is 7.11 Å². The van der Waals surface area contributed by atoms with Crippen molar-refractivity contribution in [2.75, 3.05) is 13.7 Å². The van der Waals surface area contributed by atoms with Crippen LogP contribution in [0, 0.1) is 13.8 Å². The summed E-state index contributed by atoms with van der Waals surface area (Å²) >= 11 is 0. The van der Waals surface area contributed by atoms with E-state index < -0.39 is 12.6 Å². The van der Waals surface area contributed by atoms with Crippen molar-refractivity contribution in [1.82, 2.24) is 5.32 Å². The molecule has 0 heterocycles. The van der Waals surface area contributed by atoms with Gasteiger partial charge in [0.1, 0.15) is 5.75 Å². The predicted octanol–water partition coefficient (Wildman–Crippen LogP) is 4.31. The van der Waals surface area contributed by atoms with Crippen molar-refractivity contribution >= 4 is 0 Å². The number of halogens is 3. The minimum atomic E-state index is -4.12. The molecule has 114 valence electrons. The van der Waals surface area contributed by atoms with E-state index in [1.165, 1.54) is 0 Å². The van der Waals surface area contributed by atoms with Crippen LogP contribution < -0.4 is 10.1 Å². The Balaban J connectivity index is 2.99. The van der Waals surface area contributed by atoms with Crippen LogP contribution in [-0.2, 0) is 0 Å². The van der Waals surface area contributed by atoms with Gasteiger partial charge in [-0.05, 0) is 49.6 Å². The fourth-order valence-electron chi connectivity index (χ4n) is 2.33. The quantitative estimate of drug-likeness (QED) is 0.842. The minimum Gasteiger partial charge on any atom is -0.496 e. The van der Waals surface area contributed by atoms with Gasteiger partial charge >= 0.3 is 6.18 Å². The Morgan fingerprint density at radius 3 is 2.35 bits per heavy atom. The zero-order chi connectivity index (χ0) is 15.3. The van der Waals surface area contributed by atoms with Crippen LogP contribution in [0.15, 0.2) is 12.1 Å². The van der Waals surface area contributed by atoms with Gasteiger partial charge in [-0.3, -0.25) is 0 Å². The molecule has 1 aromatic carbocycles. The highest BCUT2D eigenvalue weighted by molar-refractivity contribution is 5.42. The minimum absolute atomic E-state index is 0.0456. The molecule has 0 amide bonds. The van der Waals surface area contributed by atoms with Gasteiger partial charge in [0.15, 0.2) is 0 Å². The fourth-order valence-corrected chi connectivity index (χ4v) is 2.33. The molecule has 1 N–H and O–H groups in total. The first-order chi connectivity index (χ1) is 9.28. The summed E-state index contributed by atoms with van der Waals surface area (Å²) in [4.78, 5) is 0. The van der Waals surface area contributed by atoms with Gasteiger partial charge in [-0.25, -0.2) is 0 Å². The first-order valence-corrected chi connectivity index (χ1v) is 6.73. The van der Waals surface area contributed by atoms with Crippen LogP contribution in [0.1, 0.15) is 42.5 Å². The van der Waals surface area contributed by atoms with Gasteiger partial charge in [0.25, 0.3) is 0 Å². The second kappa shape index (κ2) is 6.97. The molecule has 0 spiro atoms. The second-order valence-corrected chi connectivity index (χ2v) is 4.94. The number of nitrogens with one attached hydrogen (secondary N) is 1. The summed E-state index contributed by atoms with van der Waals surface area (Å²) < 4.78 is 42.5. The molecule has 0 aliphatic carbocycles. The molecule has 0 fully saturated rings. The molecule has 5 heteroatoms. The van der Waals surface area contributed by atoms with Crippen LogP contribution in [0.3, 0.4) is 0 Å². The van der Waals surface area contributed by atoms with Crippen LogP contribution in [0.5, 0.6) is 5.75 Å². The van der Waals surface area contributed by atoms with Crippen LogP contribution in [0.2, 0.25) is 0 Å². The Morgan fingerprint density at radius 1 is 1.20 bits per heavy atom. The summed E-state index contributed by atoms with van der Waals surface area (Å²) in [6.07, 6.45) is -4.86. The van der Waals surface area contributed by atoms with E-state index in [0.29, 0.717) is 6.54 Å². The van der Waals surface area contributed by atoms with Crippen molar-refractivity contribution in [1.29, 1.82) is 0 Å². The summed E-state index contributed by atoms with van der Waals surface area (Å²) in [6, 6.07) is 3.51. The lowest BCUT2D eigenvalue weighted by molar-refractivity contribution is -0.136. The number of hydrogen-bond donors (Lipinski definition) is 1. The molecule has 2 nitrogen and oxygen atoms in total. The average Bonchev–Trinajstić information content (AvgIpc) is 2.36. The summed E-state index contributed by atoms with van der Waals surface area (Å²) in [5.74, 6) is 0.761. The third-order valence-corrected chi connectivity index (χ3v) is 3.33. The molecule has 1 aromatic rings. The third-order valence-electron chi connectivity index (χ3n) is 3.33. The number of alkyl halides is 3. The Hall–Kier alpha value is -1.23. The fraction of sp³-hybridized carbons (Fsp3) is 0.600. The van der Waals surface area contributed by atoms with Crippen LogP contribution in [-0.4, -0.2) is 19.8 Å². The summed E-state index contributed by atoms with van der Waals surface area (Å²) in [5.41, 5.74) is 2.79. The maximum atomic E-state index is 12.4. The van der Waals surface area contributed by atoms with Gasteiger partial charge < -0.3 is 10.1 Å². The predicted molar refractivity (Wildman–Crippen MR) is 74.2 cm³/mol. The zero-order valence-corrected chi connectivity index (χ0v) is 12.4. The summed E-state index contributed by atoms with van der Waals surface area (Å²) in [5, 5.41) is 3.14. The van der Waals surface area contributed by atoms with Gasteiger partial charge in [-0.15, -0.1) is 0 Å². The molecular formula is C15H22F3NO. The maximum Gasteiger partial charge on any atom is 0.389 e. The average molecular weight is 289 g/mol. The first-order valence-electron chi connectivity index (χ1n) is 6.73. The highest BCUT2D eigenvalue weighted by Crippen LogP contribution is 2.32. The molecule has 0 radical (unpaired) electrons. The summed E-state index contributed by atoms with van der Waals surface area (Å²) in [6.45, 7) is 6.32. The van der Waals surface area contributed by atoms with Crippen molar-refractivity contribution in [3.8, 4) is 5.75 Å². The number of benzene rings is 1. The Labute approximate surface area is 118 Å². The maximum absolute atomic E-state index is 12.4. The lowest BCUT2D eigenvalue weighted by Crippen LogP contribution is -2.24. The van der Waals surface area contributed by atoms with E-state index >= 15 is 0 Å². The zero-order valence-electron chi connectivity index (χ0n) is 12.4. The van der Waals surface area contributed by atoms with Gasteiger partial charge in [-0.2, -0.15) is 13.2 Å². The van der Waals surface area contributed by atoms with Crippen molar-refractivity contribution in [3.05, 3.63) is 28.8 Å². The SMILES string of the molecule is CCNC(CCC(F)(F)F)c1cc(C)c(OC)cc1C. The second-order valence-electron chi connectivity index (χ2n) is 4.94. The Morgan fingerprint density at radius 2 is 1.85 bits per heavy atom. The molecule has 1 atom stereocenters. The molecule has 0 aliphatic heterocycles. The van der Waals surface area contributed by atoms with Crippen LogP contribution >= 0.6 is 0 Å². The van der Waals surface area contributed by atoms with E-state index in [0.717, 1.165) is 22.4 Å². The number of aryl methyl sites for hydroxylation is 2. The molecule has 0 aromatic heterocycles. The molecule has 0 saturated carbocycles. The smallest absolute Gasteiger partial charge is 0.389 e. The van der Waals surface area contributed by atoms with Gasteiger partial charge in [0.05, 0.1) is 7.11 Å². The molecule has 20 heavy (non-hydrogen) atoms. The monoisotopic (exact) mass is 289 g/mol. The first kappa shape index (κ1) is 16.8. The number of rotatable bonds is 6. The highest BCUT2D eigenvalue weighted by Gasteiger charge is 2.29. The largest absolute Gasteiger partial charge is 0.496 e. The Bertz CT molecular complexity index is 443. The van der Waals surface area contributed by atoms with Crippen LogP contribution in [0.25, 0.3) is 0 Å². The molecular weight excluding hydrogens is 267 g/mol. The normalized spacial score (nSPS) is 13.3. The molecule has 0 saturated heterocycles. The van der Waals surface area contributed by atoms with Gasteiger partial charge in [0.2, 0.25) is 0 Å². The molecule has 1 unspecified atom stereocenters. The molecule has 1 rings (SSSR count). The van der Waals surface area contributed by atoms with Gasteiger partial charge in [-0.1, -0.05) is 13.0 Å². The van der Waals surface area contributed by atoms with Crippen molar-refractivity contribution in [3.63, 3.8) is 0 Å². The molecule has 0 bridgehead atoms. The van der Waals surface area contributed by atoms with Crippen molar-refractivity contribution < 1.29 is 17.9 Å². The lowest BCUT2D eigenvalue weighted by atomic mass is 9.95. The van der Waals surface area contributed by atoms with Crippen molar-refractivity contribution in [2.45, 2.75) is 45.8 Å². The van der Waals surface area contributed by atoms with E-state index in [4.69, 9.17) is 4.74 Å². The van der Waals surface area contributed by atoms with E-state index in [-0.39, 0.29) is 12.5 Å². The number of methoxy groups -OCH3 is 1. The lowest BCUT2D eigenvalue weighted by Gasteiger charge is -2.22.